The van der Waals surface area contributed by atoms with Crippen molar-refractivity contribution in [2.45, 2.75) is 0 Å². The van der Waals surface area contributed by atoms with Crippen LogP contribution in [0, 0.1) is 11.6 Å². The smallest absolute Gasteiger partial charge is 0.180 e. The van der Waals surface area contributed by atoms with E-state index in [9.17, 15) is 8.78 Å². The molecule has 1 aromatic heterocycles. The predicted octanol–water partition coefficient (Wildman–Crippen LogP) is 3.17. The number of anilines is 1. The summed E-state index contributed by atoms with van der Waals surface area (Å²) in [5.74, 6) is -1.19. The van der Waals surface area contributed by atoms with Crippen molar-refractivity contribution in [3.63, 3.8) is 0 Å². The van der Waals surface area contributed by atoms with E-state index in [1.165, 1.54) is 29.5 Å². The van der Waals surface area contributed by atoms with Gasteiger partial charge in [-0.05, 0) is 24.3 Å². The molecule has 2 N–H and O–H groups in total. The van der Waals surface area contributed by atoms with E-state index in [1.54, 1.807) is 11.5 Å². The number of nitrogens with two attached hydrogens (primary N) is 1. The van der Waals surface area contributed by atoms with Gasteiger partial charge in [0.15, 0.2) is 5.13 Å². The Morgan fingerprint density at radius 1 is 1.25 bits per heavy atom. The summed E-state index contributed by atoms with van der Waals surface area (Å²) in [5, 5.41) is 2.21. The third-order valence-electron chi connectivity index (χ3n) is 1.94. The summed E-state index contributed by atoms with van der Waals surface area (Å²) in [7, 11) is 0. The molecule has 0 spiro atoms. The Morgan fingerprint density at radius 3 is 2.69 bits per heavy atom. The lowest BCUT2D eigenvalue weighted by Gasteiger charge is -1.95. The molecule has 0 radical (unpaired) electrons. The lowest BCUT2D eigenvalue weighted by molar-refractivity contribution is 0.581. The van der Waals surface area contributed by atoms with Crippen LogP contribution in [0.4, 0.5) is 13.9 Å². The van der Waals surface area contributed by atoms with Crippen LogP contribution in [0.3, 0.4) is 0 Å². The number of halogens is 2. The molecule has 5 heteroatoms. The third-order valence-corrected chi connectivity index (χ3v) is 2.63. The fraction of sp³-hybridized carbons (Fsp3) is 0. The molecule has 0 aliphatic heterocycles. The predicted molar refractivity (Wildman–Crippen MR) is 61.8 cm³/mol. The van der Waals surface area contributed by atoms with Crippen molar-refractivity contribution in [2.75, 3.05) is 5.73 Å². The van der Waals surface area contributed by atoms with Crippen molar-refractivity contribution in [3.8, 4) is 0 Å². The molecule has 0 aliphatic carbocycles. The number of aromatic nitrogens is 1. The molecule has 0 unspecified atom stereocenters. The molecule has 1 heterocycles. The number of thiazole rings is 1. The zero-order valence-electron chi connectivity index (χ0n) is 8.15. The van der Waals surface area contributed by atoms with Gasteiger partial charge in [-0.1, -0.05) is 0 Å². The minimum Gasteiger partial charge on any atom is -0.375 e. The van der Waals surface area contributed by atoms with Crippen molar-refractivity contribution in [1.29, 1.82) is 0 Å². The minimum absolute atomic E-state index is 0.313. The highest BCUT2D eigenvalue weighted by Gasteiger charge is 2.00. The Kier molecular flexibility index (Phi) is 2.96. The molecule has 2 nitrogen and oxygen atoms in total. The van der Waals surface area contributed by atoms with Crippen LogP contribution in [0.5, 0.6) is 0 Å². The summed E-state index contributed by atoms with van der Waals surface area (Å²) < 4.78 is 25.8. The minimum atomic E-state index is -0.598. The summed E-state index contributed by atoms with van der Waals surface area (Å²) in [6.07, 6.45) is 3.16. The van der Waals surface area contributed by atoms with E-state index >= 15 is 0 Å². The summed E-state index contributed by atoms with van der Waals surface area (Å²) >= 11 is 1.31. The maximum Gasteiger partial charge on any atom is 0.180 e. The Labute approximate surface area is 95.1 Å². The summed E-state index contributed by atoms with van der Waals surface area (Å²) in [6.45, 7) is 0. The van der Waals surface area contributed by atoms with Crippen LogP contribution in [0.2, 0.25) is 0 Å². The van der Waals surface area contributed by atoms with Gasteiger partial charge in [-0.3, -0.25) is 0 Å². The van der Waals surface area contributed by atoms with Gasteiger partial charge in [0.05, 0.1) is 5.69 Å². The van der Waals surface area contributed by atoms with Crippen molar-refractivity contribution in [3.05, 3.63) is 46.5 Å². The van der Waals surface area contributed by atoms with E-state index in [1.807, 2.05) is 0 Å². The Bertz CT molecular complexity index is 535. The molecule has 0 saturated heterocycles. The molecule has 1 aromatic carbocycles. The van der Waals surface area contributed by atoms with E-state index in [4.69, 9.17) is 5.73 Å². The zero-order chi connectivity index (χ0) is 11.5. The monoisotopic (exact) mass is 238 g/mol. The fourth-order valence-corrected chi connectivity index (χ4v) is 1.72. The first-order chi connectivity index (χ1) is 7.65. The average molecular weight is 238 g/mol. The quantitative estimate of drug-likeness (QED) is 0.872. The molecule has 0 atom stereocenters. The summed E-state index contributed by atoms with van der Waals surface area (Å²) in [6, 6.07) is 3.42. The molecule has 2 rings (SSSR count). The molecule has 0 bridgehead atoms. The molecule has 16 heavy (non-hydrogen) atoms. The largest absolute Gasteiger partial charge is 0.375 e. The first kappa shape index (κ1) is 10.8. The van der Waals surface area contributed by atoms with Crippen LogP contribution in [0.25, 0.3) is 12.2 Å². The molecule has 0 amide bonds. The number of hydrogen-bond acceptors (Lipinski definition) is 3. The van der Waals surface area contributed by atoms with Crippen molar-refractivity contribution in [1.82, 2.24) is 4.98 Å². The van der Waals surface area contributed by atoms with Gasteiger partial charge in [0.25, 0.3) is 0 Å². The van der Waals surface area contributed by atoms with Crippen LogP contribution < -0.4 is 5.73 Å². The van der Waals surface area contributed by atoms with Gasteiger partial charge in [0, 0.05) is 17.0 Å². The molecule has 0 aliphatic rings. The molecular weight excluding hydrogens is 230 g/mol. The van der Waals surface area contributed by atoms with Gasteiger partial charge in [-0.15, -0.1) is 11.3 Å². The summed E-state index contributed by atoms with van der Waals surface area (Å²) in [4.78, 5) is 3.99. The average Bonchev–Trinajstić information content (AvgIpc) is 2.63. The van der Waals surface area contributed by atoms with Crippen molar-refractivity contribution in [2.24, 2.45) is 0 Å². The topological polar surface area (TPSA) is 38.9 Å². The molecule has 0 fully saturated rings. The molecule has 82 valence electrons. The zero-order valence-corrected chi connectivity index (χ0v) is 8.97. The highest BCUT2D eigenvalue weighted by atomic mass is 32.1. The normalized spacial score (nSPS) is 11.1. The van der Waals surface area contributed by atoms with E-state index in [-0.39, 0.29) is 0 Å². The maximum atomic E-state index is 13.2. The number of nitrogens with zero attached hydrogens (tertiary/aromatic N) is 1. The van der Waals surface area contributed by atoms with E-state index in [2.05, 4.69) is 4.98 Å². The highest BCUT2D eigenvalue weighted by Crippen LogP contribution is 2.16. The number of rotatable bonds is 2. The molecular formula is C11H8F2N2S. The van der Waals surface area contributed by atoms with Gasteiger partial charge < -0.3 is 5.73 Å². The lowest BCUT2D eigenvalue weighted by Crippen LogP contribution is -1.84. The third kappa shape index (κ3) is 2.43. The van der Waals surface area contributed by atoms with Crippen LogP contribution in [-0.2, 0) is 0 Å². The Hall–Kier alpha value is -1.75. The van der Waals surface area contributed by atoms with Crippen LogP contribution >= 0.6 is 11.3 Å². The van der Waals surface area contributed by atoms with Gasteiger partial charge in [-0.25, -0.2) is 13.8 Å². The van der Waals surface area contributed by atoms with E-state index < -0.39 is 11.6 Å². The fourth-order valence-electron chi connectivity index (χ4n) is 1.19. The number of hydrogen-bond donors (Lipinski definition) is 1. The van der Waals surface area contributed by atoms with Gasteiger partial charge >= 0.3 is 0 Å². The molecule has 2 aromatic rings. The second kappa shape index (κ2) is 4.40. The first-order valence-electron chi connectivity index (χ1n) is 4.49. The van der Waals surface area contributed by atoms with Gasteiger partial charge in [0.2, 0.25) is 0 Å². The SMILES string of the molecule is Nc1nc(C=Cc2ccc(F)cc2F)cs1. The Balaban J connectivity index is 2.23. The molecule has 0 saturated carbocycles. The van der Waals surface area contributed by atoms with Gasteiger partial charge in [0.1, 0.15) is 11.6 Å². The van der Waals surface area contributed by atoms with Crippen LogP contribution in [0.15, 0.2) is 23.6 Å². The second-order valence-corrected chi connectivity index (χ2v) is 4.00. The van der Waals surface area contributed by atoms with Crippen molar-refractivity contribution >= 4 is 28.6 Å². The second-order valence-electron chi connectivity index (χ2n) is 3.11. The lowest BCUT2D eigenvalue weighted by atomic mass is 10.2. The Morgan fingerprint density at radius 2 is 2.06 bits per heavy atom. The summed E-state index contributed by atoms with van der Waals surface area (Å²) in [5.41, 5.74) is 6.42. The number of benzene rings is 1. The van der Waals surface area contributed by atoms with E-state index in [0.717, 1.165) is 6.07 Å². The van der Waals surface area contributed by atoms with Gasteiger partial charge in [-0.2, -0.15) is 0 Å². The number of nitrogen functional groups attached to an aromatic ring is 1. The standard InChI is InChI=1S/C11H8F2N2S/c12-8-3-1-7(10(13)5-8)2-4-9-6-16-11(14)15-9/h1-6H,(H2,14,15). The highest BCUT2D eigenvalue weighted by molar-refractivity contribution is 7.13. The van der Waals surface area contributed by atoms with Crippen LogP contribution in [-0.4, -0.2) is 4.98 Å². The van der Waals surface area contributed by atoms with E-state index in [0.29, 0.717) is 16.4 Å². The maximum absolute atomic E-state index is 13.2. The van der Waals surface area contributed by atoms with Crippen LogP contribution in [0.1, 0.15) is 11.3 Å². The first-order valence-corrected chi connectivity index (χ1v) is 5.37. The van der Waals surface area contributed by atoms with Crippen molar-refractivity contribution < 1.29 is 8.78 Å².